The normalized spacial score (nSPS) is 37.7. The third-order valence-electron chi connectivity index (χ3n) is 6.32. The molecule has 3 rings (SSSR count). The fourth-order valence-electron chi connectivity index (χ4n) is 4.96. The van der Waals surface area contributed by atoms with Crippen LogP contribution >= 0.6 is 0 Å². The van der Waals surface area contributed by atoms with Crippen LogP contribution in [0.2, 0.25) is 0 Å². The van der Waals surface area contributed by atoms with Crippen LogP contribution < -0.4 is 5.32 Å². The van der Waals surface area contributed by atoms with Gasteiger partial charge in [0.15, 0.2) is 0 Å². The first kappa shape index (κ1) is 15.8. The van der Waals surface area contributed by atoms with Crippen LogP contribution in [0.4, 0.5) is 0 Å². The lowest BCUT2D eigenvalue weighted by Gasteiger charge is -2.47. The summed E-state index contributed by atoms with van der Waals surface area (Å²) in [5.74, 6) is 0.916. The fourth-order valence-corrected chi connectivity index (χ4v) is 4.96. The zero-order valence-electron chi connectivity index (χ0n) is 14.2. The van der Waals surface area contributed by atoms with E-state index in [4.69, 9.17) is 0 Å². The van der Waals surface area contributed by atoms with Crippen molar-refractivity contribution in [2.24, 2.45) is 5.92 Å². The Morgan fingerprint density at radius 2 is 1.52 bits per heavy atom. The zero-order chi connectivity index (χ0) is 14.7. The lowest BCUT2D eigenvalue weighted by Crippen LogP contribution is -2.56. The van der Waals surface area contributed by atoms with Gasteiger partial charge in [-0.05, 0) is 84.1 Å². The lowest BCUT2D eigenvalue weighted by molar-refractivity contribution is 0.0423. The maximum atomic E-state index is 3.59. The highest BCUT2D eigenvalue weighted by atomic mass is 15.2. The molecule has 0 spiro atoms. The zero-order valence-corrected chi connectivity index (χ0v) is 14.2. The number of hydrogen-bond acceptors (Lipinski definition) is 3. The lowest BCUT2D eigenvalue weighted by atomic mass is 9.81. The molecule has 0 aromatic heterocycles. The van der Waals surface area contributed by atoms with Gasteiger partial charge >= 0.3 is 0 Å². The van der Waals surface area contributed by atoms with Gasteiger partial charge in [-0.1, -0.05) is 13.3 Å². The number of nitrogens with zero attached hydrogens (tertiary/aromatic N) is 2. The maximum absolute atomic E-state index is 3.59. The SMILES string of the molecule is CNC1CCC(C)CC1N1CCC(N2CCCCC2)CC1. The van der Waals surface area contributed by atoms with Gasteiger partial charge in [-0.25, -0.2) is 0 Å². The van der Waals surface area contributed by atoms with Crippen LogP contribution in [0.25, 0.3) is 0 Å². The first-order chi connectivity index (χ1) is 10.3. The topological polar surface area (TPSA) is 18.5 Å². The summed E-state index contributed by atoms with van der Waals surface area (Å²) in [6, 6.07) is 2.41. The Bertz CT molecular complexity index is 306. The molecule has 0 amide bonds. The van der Waals surface area contributed by atoms with E-state index in [0.29, 0.717) is 0 Å². The van der Waals surface area contributed by atoms with Gasteiger partial charge in [0.2, 0.25) is 0 Å². The van der Waals surface area contributed by atoms with Gasteiger partial charge in [0, 0.05) is 18.1 Å². The molecule has 3 nitrogen and oxygen atoms in total. The van der Waals surface area contributed by atoms with E-state index in [2.05, 4.69) is 29.1 Å². The summed E-state index contributed by atoms with van der Waals surface area (Å²) in [6.07, 6.45) is 11.3. The number of likely N-dealkylation sites (tertiary alicyclic amines) is 2. The van der Waals surface area contributed by atoms with Crippen molar-refractivity contribution >= 4 is 0 Å². The Kier molecular flexibility index (Phi) is 5.58. The van der Waals surface area contributed by atoms with E-state index in [1.54, 1.807) is 0 Å². The highest BCUT2D eigenvalue weighted by molar-refractivity contribution is 4.92. The molecule has 3 atom stereocenters. The average Bonchev–Trinajstić information content (AvgIpc) is 2.56. The van der Waals surface area contributed by atoms with Crippen molar-refractivity contribution in [3.63, 3.8) is 0 Å². The molecule has 1 N–H and O–H groups in total. The van der Waals surface area contributed by atoms with E-state index in [9.17, 15) is 0 Å². The Labute approximate surface area is 131 Å². The van der Waals surface area contributed by atoms with Crippen LogP contribution in [0.5, 0.6) is 0 Å². The molecule has 0 bridgehead atoms. The summed E-state index contributed by atoms with van der Waals surface area (Å²) in [6.45, 7) is 7.83. The number of nitrogens with one attached hydrogen (secondary N) is 1. The molecule has 3 heteroatoms. The van der Waals surface area contributed by atoms with E-state index < -0.39 is 0 Å². The quantitative estimate of drug-likeness (QED) is 0.863. The van der Waals surface area contributed by atoms with Crippen LogP contribution in [-0.4, -0.2) is 61.2 Å². The first-order valence-electron chi connectivity index (χ1n) is 9.43. The fraction of sp³-hybridized carbons (Fsp3) is 1.00. The van der Waals surface area contributed by atoms with Crippen LogP contribution in [-0.2, 0) is 0 Å². The van der Waals surface area contributed by atoms with Crippen molar-refractivity contribution in [1.82, 2.24) is 15.1 Å². The Morgan fingerprint density at radius 3 is 2.19 bits per heavy atom. The molecule has 2 saturated heterocycles. The maximum Gasteiger partial charge on any atom is 0.0251 e. The molecule has 3 fully saturated rings. The van der Waals surface area contributed by atoms with E-state index in [1.165, 1.54) is 77.5 Å². The molecular weight excluding hydrogens is 258 g/mol. The molecule has 2 heterocycles. The van der Waals surface area contributed by atoms with E-state index in [1.807, 2.05) is 0 Å². The predicted octanol–water partition coefficient (Wildman–Crippen LogP) is 2.71. The van der Waals surface area contributed by atoms with Gasteiger partial charge in [-0.3, -0.25) is 4.90 Å². The average molecular weight is 293 g/mol. The van der Waals surface area contributed by atoms with E-state index in [0.717, 1.165) is 24.0 Å². The second-order valence-electron chi connectivity index (χ2n) is 7.74. The number of piperidine rings is 2. The van der Waals surface area contributed by atoms with Gasteiger partial charge in [0.05, 0.1) is 0 Å². The van der Waals surface area contributed by atoms with Gasteiger partial charge in [0.25, 0.3) is 0 Å². The molecule has 0 aromatic rings. The molecule has 1 aliphatic carbocycles. The Hall–Kier alpha value is -0.120. The van der Waals surface area contributed by atoms with Crippen molar-refractivity contribution in [3.05, 3.63) is 0 Å². The summed E-state index contributed by atoms with van der Waals surface area (Å²) in [5.41, 5.74) is 0. The van der Waals surface area contributed by atoms with Crippen molar-refractivity contribution in [3.8, 4) is 0 Å². The van der Waals surface area contributed by atoms with Crippen molar-refractivity contribution in [2.45, 2.75) is 76.4 Å². The first-order valence-corrected chi connectivity index (χ1v) is 9.43. The van der Waals surface area contributed by atoms with Gasteiger partial charge in [0.1, 0.15) is 0 Å². The van der Waals surface area contributed by atoms with E-state index >= 15 is 0 Å². The number of likely N-dealkylation sites (N-methyl/N-ethyl adjacent to an activating group) is 1. The van der Waals surface area contributed by atoms with Crippen LogP contribution in [0, 0.1) is 5.92 Å². The van der Waals surface area contributed by atoms with Crippen molar-refractivity contribution in [1.29, 1.82) is 0 Å². The molecule has 0 radical (unpaired) electrons. The minimum absolute atomic E-state index is 0.729. The molecule has 3 aliphatic rings. The minimum atomic E-state index is 0.729. The van der Waals surface area contributed by atoms with Gasteiger partial charge in [-0.2, -0.15) is 0 Å². The summed E-state index contributed by atoms with van der Waals surface area (Å²) >= 11 is 0. The van der Waals surface area contributed by atoms with Gasteiger partial charge in [-0.15, -0.1) is 0 Å². The van der Waals surface area contributed by atoms with Crippen LogP contribution in [0.1, 0.15) is 58.3 Å². The summed E-state index contributed by atoms with van der Waals surface area (Å²) in [5, 5.41) is 3.59. The molecule has 2 aliphatic heterocycles. The second kappa shape index (κ2) is 7.43. The minimum Gasteiger partial charge on any atom is -0.315 e. The molecular formula is C18H35N3. The smallest absolute Gasteiger partial charge is 0.0251 e. The molecule has 122 valence electrons. The monoisotopic (exact) mass is 293 g/mol. The van der Waals surface area contributed by atoms with Crippen molar-refractivity contribution < 1.29 is 0 Å². The largest absolute Gasteiger partial charge is 0.315 e. The Balaban J connectivity index is 1.52. The standard InChI is InChI=1S/C18H35N3/c1-15-6-7-17(19-2)18(14-15)21-12-8-16(9-13-21)20-10-4-3-5-11-20/h15-19H,3-14H2,1-2H3. The highest BCUT2D eigenvalue weighted by Gasteiger charge is 2.35. The third kappa shape index (κ3) is 3.80. The Morgan fingerprint density at radius 1 is 0.810 bits per heavy atom. The second-order valence-corrected chi connectivity index (χ2v) is 7.74. The molecule has 1 saturated carbocycles. The number of rotatable bonds is 3. The van der Waals surface area contributed by atoms with Crippen LogP contribution in [0.15, 0.2) is 0 Å². The van der Waals surface area contributed by atoms with Crippen LogP contribution in [0.3, 0.4) is 0 Å². The predicted molar refractivity (Wildman–Crippen MR) is 89.7 cm³/mol. The van der Waals surface area contributed by atoms with Crippen molar-refractivity contribution in [2.75, 3.05) is 33.2 Å². The summed E-state index contributed by atoms with van der Waals surface area (Å²) < 4.78 is 0. The number of hydrogen-bond donors (Lipinski definition) is 1. The third-order valence-corrected chi connectivity index (χ3v) is 6.32. The summed E-state index contributed by atoms with van der Waals surface area (Å²) in [7, 11) is 2.16. The summed E-state index contributed by atoms with van der Waals surface area (Å²) in [4.78, 5) is 5.61. The highest BCUT2D eigenvalue weighted by Crippen LogP contribution is 2.30. The van der Waals surface area contributed by atoms with Gasteiger partial charge < -0.3 is 10.2 Å². The molecule has 3 unspecified atom stereocenters. The molecule has 21 heavy (non-hydrogen) atoms. The van der Waals surface area contributed by atoms with E-state index in [-0.39, 0.29) is 0 Å². The molecule has 0 aromatic carbocycles.